The number of nitrogens with zero attached hydrogens (tertiary/aromatic N) is 5. The van der Waals surface area contributed by atoms with Crippen molar-refractivity contribution >= 4 is 5.82 Å². The molecule has 0 spiro atoms. The highest BCUT2D eigenvalue weighted by Gasteiger charge is 2.27. The molecule has 0 aromatic carbocycles. The molecule has 104 valence electrons. The zero-order valence-electron chi connectivity index (χ0n) is 11.5. The smallest absolute Gasteiger partial charge is 0.133 e. The Morgan fingerprint density at radius 1 is 1.05 bits per heavy atom. The van der Waals surface area contributed by atoms with E-state index in [1.165, 1.54) is 12.8 Å². The SMILES string of the molecule is c1cn(C2CCN(c3ccnc(C4CC4)n3)CC2)cn1. The van der Waals surface area contributed by atoms with Crippen LogP contribution in [0.15, 0.2) is 31.0 Å². The topological polar surface area (TPSA) is 46.8 Å². The van der Waals surface area contributed by atoms with E-state index in [4.69, 9.17) is 4.98 Å². The van der Waals surface area contributed by atoms with E-state index in [1.54, 1.807) is 0 Å². The molecule has 2 fully saturated rings. The van der Waals surface area contributed by atoms with Gasteiger partial charge in [0.2, 0.25) is 0 Å². The number of anilines is 1. The summed E-state index contributed by atoms with van der Waals surface area (Å²) in [4.78, 5) is 15.7. The van der Waals surface area contributed by atoms with Gasteiger partial charge in [0.05, 0.1) is 6.33 Å². The van der Waals surface area contributed by atoms with Gasteiger partial charge in [0.15, 0.2) is 0 Å². The number of hydrogen-bond donors (Lipinski definition) is 0. The predicted molar refractivity (Wildman–Crippen MR) is 76.7 cm³/mol. The molecule has 20 heavy (non-hydrogen) atoms. The Balaban J connectivity index is 1.44. The van der Waals surface area contributed by atoms with E-state index in [1.807, 2.05) is 24.8 Å². The van der Waals surface area contributed by atoms with Gasteiger partial charge in [-0.1, -0.05) is 0 Å². The molecule has 1 aliphatic heterocycles. The number of hydrogen-bond acceptors (Lipinski definition) is 4. The third-order valence-electron chi connectivity index (χ3n) is 4.34. The van der Waals surface area contributed by atoms with Crippen molar-refractivity contribution in [3.05, 3.63) is 36.8 Å². The van der Waals surface area contributed by atoms with E-state index in [9.17, 15) is 0 Å². The minimum absolute atomic E-state index is 0.582. The second-order valence-electron chi connectivity index (χ2n) is 5.78. The van der Waals surface area contributed by atoms with Gasteiger partial charge in [-0.3, -0.25) is 0 Å². The van der Waals surface area contributed by atoms with Crippen molar-refractivity contribution in [2.75, 3.05) is 18.0 Å². The molecule has 4 rings (SSSR count). The number of aromatic nitrogens is 4. The lowest BCUT2D eigenvalue weighted by Gasteiger charge is -2.33. The van der Waals surface area contributed by atoms with Crippen LogP contribution in [0.3, 0.4) is 0 Å². The summed E-state index contributed by atoms with van der Waals surface area (Å²) in [7, 11) is 0. The minimum atomic E-state index is 0.582. The molecule has 0 bridgehead atoms. The first-order valence-electron chi connectivity index (χ1n) is 7.45. The van der Waals surface area contributed by atoms with Crippen molar-refractivity contribution in [1.82, 2.24) is 19.5 Å². The maximum absolute atomic E-state index is 4.74. The molecule has 1 saturated heterocycles. The van der Waals surface area contributed by atoms with Crippen LogP contribution < -0.4 is 4.90 Å². The molecule has 0 amide bonds. The van der Waals surface area contributed by atoms with Gasteiger partial charge in [-0.15, -0.1) is 0 Å². The van der Waals surface area contributed by atoms with Gasteiger partial charge in [0.1, 0.15) is 11.6 Å². The largest absolute Gasteiger partial charge is 0.356 e. The summed E-state index contributed by atoms with van der Waals surface area (Å²) in [5.41, 5.74) is 0. The van der Waals surface area contributed by atoms with Crippen LogP contribution in [0.1, 0.15) is 43.5 Å². The molecule has 2 aromatic rings. The summed E-state index contributed by atoms with van der Waals surface area (Å²) >= 11 is 0. The molecule has 0 N–H and O–H groups in total. The van der Waals surface area contributed by atoms with Crippen LogP contribution >= 0.6 is 0 Å². The van der Waals surface area contributed by atoms with Crippen molar-refractivity contribution in [2.45, 2.75) is 37.6 Å². The Morgan fingerprint density at radius 3 is 2.60 bits per heavy atom. The van der Waals surface area contributed by atoms with Crippen molar-refractivity contribution in [1.29, 1.82) is 0 Å². The first kappa shape index (κ1) is 11.9. The second-order valence-corrected chi connectivity index (χ2v) is 5.78. The average Bonchev–Trinajstić information content (AvgIpc) is 3.23. The summed E-state index contributed by atoms with van der Waals surface area (Å²) in [5.74, 6) is 2.77. The van der Waals surface area contributed by atoms with Crippen LogP contribution in [-0.2, 0) is 0 Å². The van der Waals surface area contributed by atoms with Gasteiger partial charge >= 0.3 is 0 Å². The Hall–Kier alpha value is -1.91. The van der Waals surface area contributed by atoms with Crippen molar-refractivity contribution in [3.63, 3.8) is 0 Å². The molecule has 1 aliphatic carbocycles. The molecule has 3 heterocycles. The summed E-state index contributed by atoms with van der Waals surface area (Å²) in [6.45, 7) is 2.12. The number of imidazole rings is 1. The van der Waals surface area contributed by atoms with E-state index >= 15 is 0 Å². The van der Waals surface area contributed by atoms with Crippen molar-refractivity contribution in [3.8, 4) is 0 Å². The van der Waals surface area contributed by atoms with Crippen molar-refractivity contribution in [2.24, 2.45) is 0 Å². The van der Waals surface area contributed by atoms with Gasteiger partial charge in [0, 0.05) is 43.6 Å². The molecule has 1 saturated carbocycles. The van der Waals surface area contributed by atoms with Gasteiger partial charge in [-0.2, -0.15) is 0 Å². The Kier molecular flexibility index (Phi) is 2.90. The van der Waals surface area contributed by atoms with Crippen LogP contribution in [0.25, 0.3) is 0 Å². The molecule has 0 radical (unpaired) electrons. The maximum atomic E-state index is 4.74. The quantitative estimate of drug-likeness (QED) is 0.858. The summed E-state index contributed by atoms with van der Waals surface area (Å²) in [5, 5.41) is 0. The van der Waals surface area contributed by atoms with E-state index in [-0.39, 0.29) is 0 Å². The zero-order chi connectivity index (χ0) is 13.4. The van der Waals surface area contributed by atoms with Crippen molar-refractivity contribution < 1.29 is 0 Å². The summed E-state index contributed by atoms with van der Waals surface area (Å²) in [6, 6.07) is 2.63. The minimum Gasteiger partial charge on any atom is -0.356 e. The van der Waals surface area contributed by atoms with E-state index < -0.39 is 0 Å². The lowest BCUT2D eigenvalue weighted by atomic mass is 10.1. The highest BCUT2D eigenvalue weighted by Crippen LogP contribution is 2.38. The third-order valence-corrected chi connectivity index (χ3v) is 4.34. The highest BCUT2D eigenvalue weighted by molar-refractivity contribution is 5.38. The normalized spacial score (nSPS) is 20.3. The Bertz CT molecular complexity index is 568. The fraction of sp³-hybridized carbons (Fsp3) is 0.533. The number of piperidine rings is 1. The van der Waals surface area contributed by atoms with E-state index in [0.717, 1.165) is 37.6 Å². The monoisotopic (exact) mass is 269 g/mol. The fourth-order valence-corrected chi connectivity index (χ4v) is 2.96. The van der Waals surface area contributed by atoms with E-state index in [0.29, 0.717) is 12.0 Å². The molecule has 2 aromatic heterocycles. The van der Waals surface area contributed by atoms with Crippen LogP contribution in [0.2, 0.25) is 0 Å². The van der Waals surface area contributed by atoms with Crippen LogP contribution in [0, 0.1) is 0 Å². The first-order chi connectivity index (χ1) is 9.90. The van der Waals surface area contributed by atoms with Gasteiger partial charge in [0.25, 0.3) is 0 Å². The van der Waals surface area contributed by atoms with Gasteiger partial charge < -0.3 is 9.47 Å². The second kappa shape index (κ2) is 4.89. The maximum Gasteiger partial charge on any atom is 0.133 e. The lowest BCUT2D eigenvalue weighted by Crippen LogP contribution is -2.35. The predicted octanol–water partition coefficient (Wildman–Crippen LogP) is 2.39. The third kappa shape index (κ3) is 2.28. The average molecular weight is 269 g/mol. The molecule has 5 heteroatoms. The Morgan fingerprint density at radius 2 is 1.90 bits per heavy atom. The Labute approximate surface area is 118 Å². The van der Waals surface area contributed by atoms with Crippen LogP contribution in [0.4, 0.5) is 5.82 Å². The molecule has 0 atom stereocenters. The lowest BCUT2D eigenvalue weighted by molar-refractivity contribution is 0.394. The molecular weight excluding hydrogens is 250 g/mol. The summed E-state index contributed by atoms with van der Waals surface area (Å²) < 4.78 is 2.23. The molecule has 5 nitrogen and oxygen atoms in total. The standard InChI is InChI=1S/C15H19N5/c1-2-12(1)15-17-6-3-14(18-15)19-8-4-13(5-9-19)20-10-7-16-11-20/h3,6-7,10-13H,1-2,4-5,8-9H2. The van der Waals surface area contributed by atoms with Crippen LogP contribution in [-0.4, -0.2) is 32.6 Å². The molecule has 2 aliphatic rings. The highest BCUT2D eigenvalue weighted by atomic mass is 15.2. The zero-order valence-corrected chi connectivity index (χ0v) is 11.5. The fourth-order valence-electron chi connectivity index (χ4n) is 2.96. The van der Waals surface area contributed by atoms with Gasteiger partial charge in [-0.05, 0) is 31.7 Å². The molecular formula is C15H19N5. The van der Waals surface area contributed by atoms with Gasteiger partial charge in [-0.25, -0.2) is 15.0 Å². The van der Waals surface area contributed by atoms with E-state index in [2.05, 4.69) is 25.6 Å². The summed E-state index contributed by atoms with van der Waals surface area (Å²) in [6.07, 6.45) is 12.6. The van der Waals surface area contributed by atoms with Crippen LogP contribution in [0.5, 0.6) is 0 Å². The molecule has 0 unspecified atom stereocenters. The first-order valence-corrected chi connectivity index (χ1v) is 7.45. The number of rotatable bonds is 3.